The van der Waals surface area contributed by atoms with Crippen LogP contribution >= 0.6 is 0 Å². The van der Waals surface area contributed by atoms with Crippen molar-refractivity contribution in [3.63, 3.8) is 0 Å². The van der Waals surface area contributed by atoms with Gasteiger partial charge in [-0.15, -0.1) is 0 Å². The summed E-state index contributed by atoms with van der Waals surface area (Å²) in [6.07, 6.45) is 1.60. The van der Waals surface area contributed by atoms with Crippen LogP contribution in [0.15, 0.2) is 0 Å². The minimum absolute atomic E-state index is 0.0342. The fourth-order valence-corrected chi connectivity index (χ4v) is 1.89. The van der Waals surface area contributed by atoms with E-state index < -0.39 is 5.97 Å². The van der Waals surface area contributed by atoms with Gasteiger partial charge in [0.1, 0.15) is 0 Å². The first-order valence-electron chi connectivity index (χ1n) is 6.47. The maximum Gasteiger partial charge on any atom is 0.305 e. The highest BCUT2D eigenvalue weighted by atomic mass is 16.4. The molecule has 18 heavy (non-hydrogen) atoms. The van der Waals surface area contributed by atoms with E-state index in [9.17, 15) is 9.59 Å². The number of hydrogen-bond acceptors (Lipinski definition) is 3. The lowest BCUT2D eigenvalue weighted by Crippen LogP contribution is -2.50. The van der Waals surface area contributed by atoms with E-state index in [0.717, 1.165) is 12.8 Å². The normalized spacial score (nSPS) is 13.2. The summed E-state index contributed by atoms with van der Waals surface area (Å²) in [5.41, 5.74) is 5.25. The van der Waals surface area contributed by atoms with Crippen molar-refractivity contribution in [1.29, 1.82) is 0 Å². The molecule has 0 rings (SSSR count). The molecule has 0 radical (unpaired) electrons. The van der Waals surface area contributed by atoms with Gasteiger partial charge in [0.25, 0.3) is 0 Å². The second kappa shape index (κ2) is 7.36. The number of amides is 1. The number of carboxylic acids is 1. The average Bonchev–Trinajstić information content (AvgIpc) is 2.23. The van der Waals surface area contributed by atoms with Crippen molar-refractivity contribution < 1.29 is 14.7 Å². The SMILES string of the molecule is CCCC(CN)C(=O)N(CCC(=O)O)C(C)(C)C. The molecule has 1 unspecified atom stereocenters. The number of carbonyl (C=O) groups excluding carboxylic acids is 1. The topological polar surface area (TPSA) is 83.6 Å². The molecular weight excluding hydrogens is 232 g/mol. The quantitative estimate of drug-likeness (QED) is 0.724. The van der Waals surface area contributed by atoms with E-state index in [-0.39, 0.29) is 30.3 Å². The Bertz CT molecular complexity index is 284. The Balaban J connectivity index is 4.83. The van der Waals surface area contributed by atoms with Crippen molar-refractivity contribution in [2.75, 3.05) is 13.1 Å². The van der Waals surface area contributed by atoms with E-state index in [1.165, 1.54) is 0 Å². The first kappa shape index (κ1) is 16.9. The highest BCUT2D eigenvalue weighted by molar-refractivity contribution is 5.80. The third kappa shape index (κ3) is 5.49. The van der Waals surface area contributed by atoms with Crippen LogP contribution in [0.3, 0.4) is 0 Å². The molecule has 0 aromatic rings. The van der Waals surface area contributed by atoms with Crippen LogP contribution in [0.4, 0.5) is 0 Å². The zero-order valence-electron chi connectivity index (χ0n) is 11.9. The highest BCUT2D eigenvalue weighted by Gasteiger charge is 2.30. The van der Waals surface area contributed by atoms with Gasteiger partial charge in [0, 0.05) is 18.6 Å². The minimum atomic E-state index is -0.892. The Morgan fingerprint density at radius 1 is 1.33 bits per heavy atom. The molecule has 0 fully saturated rings. The molecule has 5 nitrogen and oxygen atoms in total. The molecular formula is C13H26N2O3. The van der Waals surface area contributed by atoms with E-state index in [1.54, 1.807) is 4.90 Å². The molecule has 0 aliphatic carbocycles. The molecule has 1 atom stereocenters. The van der Waals surface area contributed by atoms with Gasteiger partial charge in [-0.05, 0) is 27.2 Å². The van der Waals surface area contributed by atoms with E-state index in [1.807, 2.05) is 27.7 Å². The van der Waals surface area contributed by atoms with Crippen LogP contribution < -0.4 is 5.73 Å². The molecule has 0 aliphatic rings. The maximum atomic E-state index is 12.4. The summed E-state index contributed by atoms with van der Waals surface area (Å²) >= 11 is 0. The van der Waals surface area contributed by atoms with E-state index >= 15 is 0 Å². The molecule has 1 amide bonds. The Labute approximate surface area is 109 Å². The van der Waals surface area contributed by atoms with Crippen LogP contribution in [-0.4, -0.2) is 40.5 Å². The standard InChI is InChI=1S/C13H26N2O3/c1-5-6-10(9-14)12(18)15(13(2,3)4)8-7-11(16)17/h10H,5-9,14H2,1-4H3,(H,16,17). The highest BCUT2D eigenvalue weighted by Crippen LogP contribution is 2.19. The molecule has 0 saturated carbocycles. The van der Waals surface area contributed by atoms with Gasteiger partial charge in [-0.3, -0.25) is 9.59 Å². The van der Waals surface area contributed by atoms with Crippen LogP contribution in [0.2, 0.25) is 0 Å². The first-order valence-corrected chi connectivity index (χ1v) is 6.47. The zero-order valence-corrected chi connectivity index (χ0v) is 11.9. The summed E-state index contributed by atoms with van der Waals surface area (Å²) in [5, 5.41) is 8.75. The Hall–Kier alpha value is -1.10. The number of nitrogens with two attached hydrogens (primary N) is 1. The van der Waals surface area contributed by atoms with Gasteiger partial charge in [-0.2, -0.15) is 0 Å². The number of carboxylic acid groups (broad SMARTS) is 1. The average molecular weight is 258 g/mol. The number of nitrogens with zero attached hydrogens (tertiary/aromatic N) is 1. The van der Waals surface area contributed by atoms with Crippen LogP contribution in [0, 0.1) is 5.92 Å². The van der Waals surface area contributed by atoms with Crippen molar-refractivity contribution >= 4 is 11.9 Å². The van der Waals surface area contributed by atoms with Crippen molar-refractivity contribution in [3.8, 4) is 0 Å². The fourth-order valence-electron chi connectivity index (χ4n) is 1.89. The van der Waals surface area contributed by atoms with Crippen molar-refractivity contribution in [3.05, 3.63) is 0 Å². The van der Waals surface area contributed by atoms with Crippen molar-refractivity contribution in [2.24, 2.45) is 11.7 Å². The lowest BCUT2D eigenvalue weighted by atomic mass is 9.97. The van der Waals surface area contributed by atoms with Gasteiger partial charge < -0.3 is 15.7 Å². The summed E-state index contributed by atoms with van der Waals surface area (Å²) in [4.78, 5) is 24.7. The molecule has 0 aromatic heterocycles. The Morgan fingerprint density at radius 3 is 2.22 bits per heavy atom. The van der Waals surface area contributed by atoms with Crippen molar-refractivity contribution in [2.45, 2.75) is 52.5 Å². The van der Waals surface area contributed by atoms with Crippen molar-refractivity contribution in [1.82, 2.24) is 4.90 Å². The Morgan fingerprint density at radius 2 is 1.89 bits per heavy atom. The predicted octanol–water partition coefficient (Wildman–Crippen LogP) is 1.46. The summed E-state index contributed by atoms with van der Waals surface area (Å²) in [6.45, 7) is 8.28. The lowest BCUT2D eigenvalue weighted by molar-refractivity contribution is -0.143. The van der Waals surface area contributed by atoms with Crippen LogP contribution in [0.5, 0.6) is 0 Å². The summed E-state index contributed by atoms with van der Waals surface area (Å²) in [5.74, 6) is -1.13. The lowest BCUT2D eigenvalue weighted by Gasteiger charge is -2.37. The van der Waals surface area contributed by atoms with Gasteiger partial charge in [-0.1, -0.05) is 13.3 Å². The Kier molecular flexibility index (Phi) is 6.91. The monoisotopic (exact) mass is 258 g/mol. The molecule has 0 aromatic carbocycles. The van der Waals surface area contributed by atoms with Crippen LogP contribution in [-0.2, 0) is 9.59 Å². The van der Waals surface area contributed by atoms with E-state index in [4.69, 9.17) is 10.8 Å². The molecule has 0 heterocycles. The number of aliphatic carboxylic acids is 1. The summed E-state index contributed by atoms with van der Waals surface area (Å²) < 4.78 is 0. The summed E-state index contributed by atoms with van der Waals surface area (Å²) in [7, 11) is 0. The van der Waals surface area contributed by atoms with Gasteiger partial charge >= 0.3 is 5.97 Å². The largest absolute Gasteiger partial charge is 0.481 e. The van der Waals surface area contributed by atoms with Gasteiger partial charge in [-0.25, -0.2) is 0 Å². The third-order valence-corrected chi connectivity index (χ3v) is 2.90. The molecule has 3 N–H and O–H groups in total. The van der Waals surface area contributed by atoms with Gasteiger partial charge in [0.15, 0.2) is 0 Å². The van der Waals surface area contributed by atoms with E-state index in [2.05, 4.69) is 0 Å². The minimum Gasteiger partial charge on any atom is -0.481 e. The molecule has 106 valence electrons. The first-order chi connectivity index (χ1) is 8.23. The van der Waals surface area contributed by atoms with Crippen LogP contribution in [0.1, 0.15) is 47.0 Å². The maximum absolute atomic E-state index is 12.4. The third-order valence-electron chi connectivity index (χ3n) is 2.90. The van der Waals surface area contributed by atoms with Crippen LogP contribution in [0.25, 0.3) is 0 Å². The molecule has 5 heteroatoms. The van der Waals surface area contributed by atoms with Gasteiger partial charge in [0.05, 0.1) is 12.3 Å². The van der Waals surface area contributed by atoms with E-state index in [0.29, 0.717) is 6.54 Å². The summed E-state index contributed by atoms with van der Waals surface area (Å²) in [6, 6.07) is 0. The molecule has 0 spiro atoms. The number of rotatable bonds is 7. The number of hydrogen-bond donors (Lipinski definition) is 2. The second-order valence-corrected chi connectivity index (χ2v) is 5.53. The molecule has 0 saturated heterocycles. The second-order valence-electron chi connectivity index (χ2n) is 5.53. The molecule has 0 bridgehead atoms. The molecule has 0 aliphatic heterocycles. The zero-order chi connectivity index (χ0) is 14.3. The smallest absolute Gasteiger partial charge is 0.305 e. The predicted molar refractivity (Wildman–Crippen MR) is 71.2 cm³/mol. The van der Waals surface area contributed by atoms with Gasteiger partial charge in [0.2, 0.25) is 5.91 Å². The number of carbonyl (C=O) groups is 2. The fraction of sp³-hybridized carbons (Fsp3) is 0.846.